The van der Waals surface area contributed by atoms with Gasteiger partial charge in [-0.15, -0.1) is 11.6 Å². The van der Waals surface area contributed by atoms with Gasteiger partial charge in [-0.3, -0.25) is 9.48 Å². The van der Waals surface area contributed by atoms with E-state index in [1.165, 1.54) is 0 Å². The quantitative estimate of drug-likeness (QED) is 0.819. The van der Waals surface area contributed by atoms with E-state index in [-0.39, 0.29) is 23.9 Å². The highest BCUT2D eigenvalue weighted by Crippen LogP contribution is 2.22. The number of carbonyl (C=O) groups excluding carboxylic acids is 1. The second-order valence-corrected chi connectivity index (χ2v) is 4.58. The summed E-state index contributed by atoms with van der Waals surface area (Å²) in [5.41, 5.74) is 1.57. The minimum Gasteiger partial charge on any atom is -0.476 e. The van der Waals surface area contributed by atoms with Crippen LogP contribution in [0.2, 0.25) is 0 Å². The van der Waals surface area contributed by atoms with Crippen LogP contribution in [0.15, 0.2) is 0 Å². The SMILES string of the molecule is Cn1nc(C(=O)O)c2c1CCN(C(=O)CCCl)C2. The molecule has 0 spiro atoms. The molecule has 1 aromatic heterocycles. The van der Waals surface area contributed by atoms with Crippen molar-refractivity contribution in [2.75, 3.05) is 12.4 Å². The van der Waals surface area contributed by atoms with Gasteiger partial charge in [-0.1, -0.05) is 0 Å². The van der Waals surface area contributed by atoms with Crippen LogP contribution < -0.4 is 0 Å². The van der Waals surface area contributed by atoms with Gasteiger partial charge >= 0.3 is 5.97 Å². The predicted octanol–water partition coefficient (Wildman–Crippen LogP) is 0.632. The molecule has 0 unspecified atom stereocenters. The number of alkyl halides is 1. The molecule has 7 heteroatoms. The van der Waals surface area contributed by atoms with Gasteiger partial charge in [0.25, 0.3) is 0 Å². The van der Waals surface area contributed by atoms with Crippen molar-refractivity contribution < 1.29 is 14.7 Å². The maximum Gasteiger partial charge on any atom is 0.356 e. The number of rotatable bonds is 3. The Balaban J connectivity index is 2.27. The highest BCUT2D eigenvalue weighted by Gasteiger charge is 2.28. The largest absolute Gasteiger partial charge is 0.476 e. The molecular weight excluding hydrogens is 258 g/mol. The number of halogens is 1. The van der Waals surface area contributed by atoms with Gasteiger partial charge in [0.2, 0.25) is 5.91 Å². The second-order valence-electron chi connectivity index (χ2n) is 4.21. The van der Waals surface area contributed by atoms with Crippen LogP contribution in [0.4, 0.5) is 0 Å². The van der Waals surface area contributed by atoms with E-state index in [1.807, 2.05) is 0 Å². The van der Waals surface area contributed by atoms with Gasteiger partial charge in [0.1, 0.15) is 0 Å². The summed E-state index contributed by atoms with van der Waals surface area (Å²) in [7, 11) is 1.72. The lowest BCUT2D eigenvalue weighted by atomic mass is 10.0. The van der Waals surface area contributed by atoms with Crippen molar-refractivity contribution >= 4 is 23.5 Å². The van der Waals surface area contributed by atoms with Crippen molar-refractivity contribution in [2.24, 2.45) is 7.05 Å². The Morgan fingerprint density at radius 1 is 1.50 bits per heavy atom. The smallest absolute Gasteiger partial charge is 0.356 e. The first-order valence-electron chi connectivity index (χ1n) is 5.66. The summed E-state index contributed by atoms with van der Waals surface area (Å²) in [6.45, 7) is 0.891. The van der Waals surface area contributed by atoms with E-state index in [1.54, 1.807) is 16.6 Å². The molecule has 0 aliphatic carbocycles. The van der Waals surface area contributed by atoms with Crippen molar-refractivity contribution in [3.05, 3.63) is 17.0 Å². The van der Waals surface area contributed by atoms with Crippen LogP contribution in [-0.2, 0) is 24.8 Å². The molecule has 1 amide bonds. The first kappa shape index (κ1) is 12.9. The van der Waals surface area contributed by atoms with Crippen LogP contribution in [0.25, 0.3) is 0 Å². The lowest BCUT2D eigenvalue weighted by Gasteiger charge is -2.27. The molecule has 0 saturated carbocycles. The molecule has 18 heavy (non-hydrogen) atoms. The molecule has 98 valence electrons. The van der Waals surface area contributed by atoms with E-state index < -0.39 is 5.97 Å². The lowest BCUT2D eigenvalue weighted by molar-refractivity contribution is -0.131. The molecule has 2 heterocycles. The maximum absolute atomic E-state index is 11.8. The van der Waals surface area contributed by atoms with Gasteiger partial charge in [-0.05, 0) is 0 Å². The van der Waals surface area contributed by atoms with Gasteiger partial charge in [0, 0.05) is 50.1 Å². The summed E-state index contributed by atoms with van der Waals surface area (Å²) in [6, 6.07) is 0. The first-order valence-corrected chi connectivity index (χ1v) is 6.19. The fraction of sp³-hybridized carbons (Fsp3) is 0.545. The fourth-order valence-corrected chi connectivity index (χ4v) is 2.38. The van der Waals surface area contributed by atoms with Crippen molar-refractivity contribution in [1.29, 1.82) is 0 Å². The Kier molecular flexibility index (Phi) is 3.56. The second kappa shape index (κ2) is 4.97. The fourth-order valence-electron chi connectivity index (χ4n) is 2.22. The topological polar surface area (TPSA) is 75.4 Å². The molecule has 0 aromatic carbocycles. The third-order valence-electron chi connectivity index (χ3n) is 3.11. The van der Waals surface area contributed by atoms with Crippen molar-refractivity contribution in [3.8, 4) is 0 Å². The standard InChI is InChI=1S/C11H14ClN3O3/c1-14-8-3-5-15(9(16)2-4-12)6-7(8)10(13-14)11(17)18/h2-6H2,1H3,(H,17,18). The monoisotopic (exact) mass is 271 g/mol. The molecule has 0 atom stereocenters. The molecule has 0 bridgehead atoms. The zero-order valence-electron chi connectivity index (χ0n) is 10.0. The molecule has 0 fully saturated rings. The Morgan fingerprint density at radius 2 is 2.22 bits per heavy atom. The minimum atomic E-state index is -1.06. The minimum absolute atomic E-state index is 0.0378. The van der Waals surface area contributed by atoms with Crippen LogP contribution in [-0.4, -0.2) is 44.1 Å². The zero-order valence-corrected chi connectivity index (χ0v) is 10.8. The van der Waals surface area contributed by atoms with Crippen LogP contribution >= 0.6 is 11.6 Å². The average Bonchev–Trinajstić information content (AvgIpc) is 2.67. The van der Waals surface area contributed by atoms with Crippen molar-refractivity contribution in [2.45, 2.75) is 19.4 Å². The van der Waals surface area contributed by atoms with Gasteiger partial charge < -0.3 is 10.0 Å². The van der Waals surface area contributed by atoms with E-state index >= 15 is 0 Å². The zero-order chi connectivity index (χ0) is 13.3. The number of fused-ring (bicyclic) bond motifs is 1. The van der Waals surface area contributed by atoms with Gasteiger partial charge in [0.15, 0.2) is 5.69 Å². The molecule has 1 aromatic rings. The summed E-state index contributed by atoms with van der Waals surface area (Å²) < 4.78 is 1.59. The van der Waals surface area contributed by atoms with E-state index in [4.69, 9.17) is 16.7 Å². The molecule has 6 nitrogen and oxygen atoms in total. The Bertz CT molecular complexity index is 498. The average molecular weight is 272 g/mol. The molecule has 0 radical (unpaired) electrons. The molecule has 1 aliphatic heterocycles. The number of hydrogen-bond donors (Lipinski definition) is 1. The number of carboxylic acid groups (broad SMARTS) is 1. The van der Waals surface area contributed by atoms with Gasteiger partial charge in [0.05, 0.1) is 0 Å². The molecule has 0 saturated heterocycles. The number of hydrogen-bond acceptors (Lipinski definition) is 3. The molecule has 2 rings (SSSR count). The van der Waals surface area contributed by atoms with E-state index in [2.05, 4.69) is 5.10 Å². The summed E-state index contributed by atoms with van der Waals surface area (Å²) in [6.07, 6.45) is 0.902. The predicted molar refractivity (Wildman–Crippen MR) is 64.6 cm³/mol. The third-order valence-corrected chi connectivity index (χ3v) is 3.29. The third kappa shape index (κ3) is 2.20. The van der Waals surface area contributed by atoms with E-state index in [0.717, 1.165) is 5.69 Å². The first-order chi connectivity index (χ1) is 8.54. The van der Waals surface area contributed by atoms with Crippen LogP contribution in [0.5, 0.6) is 0 Å². The summed E-state index contributed by atoms with van der Waals surface area (Å²) in [5, 5.41) is 13.1. The lowest BCUT2D eigenvalue weighted by Crippen LogP contribution is -2.36. The van der Waals surface area contributed by atoms with Crippen LogP contribution in [0, 0.1) is 0 Å². The van der Waals surface area contributed by atoms with Crippen LogP contribution in [0.1, 0.15) is 28.2 Å². The van der Waals surface area contributed by atoms with Crippen molar-refractivity contribution in [3.63, 3.8) is 0 Å². The Labute approximate surface area is 109 Å². The highest BCUT2D eigenvalue weighted by molar-refractivity contribution is 6.18. The van der Waals surface area contributed by atoms with E-state index in [9.17, 15) is 9.59 Å². The van der Waals surface area contributed by atoms with E-state index in [0.29, 0.717) is 25.1 Å². The number of aryl methyl sites for hydroxylation is 1. The molecular formula is C11H14ClN3O3. The molecule has 1 N–H and O–H groups in total. The number of carboxylic acids is 1. The van der Waals surface area contributed by atoms with Crippen LogP contribution in [0.3, 0.4) is 0 Å². The summed E-state index contributed by atoms with van der Waals surface area (Å²) >= 11 is 5.54. The number of aromatic carboxylic acids is 1. The van der Waals surface area contributed by atoms with Gasteiger partial charge in [-0.2, -0.15) is 5.10 Å². The summed E-state index contributed by atoms with van der Waals surface area (Å²) in [5.74, 6) is -0.824. The Hall–Kier alpha value is -1.56. The normalized spacial score (nSPS) is 14.4. The van der Waals surface area contributed by atoms with Crippen molar-refractivity contribution in [1.82, 2.24) is 14.7 Å². The molecule has 1 aliphatic rings. The number of aromatic nitrogens is 2. The number of carbonyl (C=O) groups is 2. The summed E-state index contributed by atoms with van der Waals surface area (Å²) in [4.78, 5) is 24.5. The maximum atomic E-state index is 11.8. The highest BCUT2D eigenvalue weighted by atomic mass is 35.5. The Morgan fingerprint density at radius 3 is 2.83 bits per heavy atom. The van der Waals surface area contributed by atoms with Gasteiger partial charge in [-0.25, -0.2) is 4.79 Å². The number of amides is 1. The number of nitrogens with zero attached hydrogens (tertiary/aromatic N) is 3.